The first-order valence-electron chi connectivity index (χ1n) is 9.66. The van der Waals surface area contributed by atoms with Gasteiger partial charge in [-0.25, -0.2) is 13.4 Å². The van der Waals surface area contributed by atoms with Gasteiger partial charge in [0.1, 0.15) is 5.82 Å². The number of benzene rings is 1. The van der Waals surface area contributed by atoms with Crippen LogP contribution >= 0.6 is 11.6 Å². The Balaban J connectivity index is 1.68. The molecule has 1 aromatic carbocycles. The van der Waals surface area contributed by atoms with Gasteiger partial charge in [-0.3, -0.25) is 9.67 Å². The molecule has 0 spiro atoms. The van der Waals surface area contributed by atoms with Gasteiger partial charge in [-0.1, -0.05) is 11.6 Å². The molecule has 1 N–H and O–H groups in total. The lowest BCUT2D eigenvalue weighted by Gasteiger charge is -2.17. The number of aliphatic hydroxyl groups excluding tert-OH is 1. The molecule has 0 bridgehead atoms. The lowest BCUT2D eigenvalue weighted by molar-refractivity contribution is 0.178. The van der Waals surface area contributed by atoms with Gasteiger partial charge in [0, 0.05) is 28.9 Å². The van der Waals surface area contributed by atoms with Gasteiger partial charge in [-0.2, -0.15) is 5.10 Å². The highest BCUT2D eigenvalue weighted by molar-refractivity contribution is 7.90. The van der Waals surface area contributed by atoms with E-state index in [9.17, 15) is 13.5 Å². The number of fused-ring (bicyclic) bond motifs is 2. The highest BCUT2D eigenvalue weighted by Crippen LogP contribution is 2.35. The zero-order chi connectivity index (χ0) is 21.0. The van der Waals surface area contributed by atoms with Crippen LogP contribution < -0.4 is 0 Å². The van der Waals surface area contributed by atoms with E-state index in [0.717, 1.165) is 36.0 Å². The van der Waals surface area contributed by atoms with Crippen molar-refractivity contribution in [3.63, 3.8) is 0 Å². The van der Waals surface area contributed by atoms with Crippen molar-refractivity contribution >= 4 is 43.4 Å². The number of sulfone groups is 1. The van der Waals surface area contributed by atoms with Crippen molar-refractivity contribution in [2.24, 2.45) is 0 Å². The maximum absolute atomic E-state index is 12.2. The molecule has 0 amide bonds. The van der Waals surface area contributed by atoms with Gasteiger partial charge in [-0.15, -0.1) is 0 Å². The quantitative estimate of drug-likeness (QED) is 0.518. The van der Waals surface area contributed by atoms with Crippen molar-refractivity contribution in [3.8, 4) is 0 Å². The van der Waals surface area contributed by atoms with Crippen LogP contribution in [0.25, 0.3) is 21.9 Å². The minimum atomic E-state index is -3.50. The molecule has 10 heteroatoms. The fourth-order valence-corrected chi connectivity index (χ4v) is 5.31. The molecule has 1 saturated carbocycles. The second-order valence-electron chi connectivity index (χ2n) is 7.78. The van der Waals surface area contributed by atoms with Crippen LogP contribution in [0.5, 0.6) is 0 Å². The van der Waals surface area contributed by atoms with E-state index >= 15 is 0 Å². The molecular formula is C20H20ClN5O3S. The first-order chi connectivity index (χ1) is 14.3. The number of nitrogens with zero attached hydrogens (tertiary/aromatic N) is 5. The minimum Gasteiger partial charge on any atom is -0.393 e. The molecule has 156 valence electrons. The highest BCUT2D eigenvalue weighted by atomic mass is 35.5. The summed E-state index contributed by atoms with van der Waals surface area (Å²) >= 11 is 6.17. The zero-order valence-electron chi connectivity index (χ0n) is 16.2. The molecule has 3 aromatic heterocycles. The van der Waals surface area contributed by atoms with Gasteiger partial charge in [0.15, 0.2) is 14.9 Å². The van der Waals surface area contributed by atoms with Crippen LogP contribution in [0, 0.1) is 0 Å². The number of aliphatic hydroxyl groups is 1. The lowest BCUT2D eigenvalue weighted by Crippen LogP contribution is -2.14. The SMILES string of the molecule is CS(=O)(=O)c1nn(Cc2nc3cc(Cl)ccc3n2C2CCC(O)C2)c2cnccc12. The average Bonchev–Trinajstić information content (AvgIpc) is 3.36. The molecule has 4 aromatic rings. The molecule has 2 unspecified atom stereocenters. The summed E-state index contributed by atoms with van der Waals surface area (Å²) in [7, 11) is -3.50. The van der Waals surface area contributed by atoms with Gasteiger partial charge in [0.25, 0.3) is 0 Å². The van der Waals surface area contributed by atoms with Crippen molar-refractivity contribution in [2.45, 2.75) is 43.0 Å². The van der Waals surface area contributed by atoms with Crippen LogP contribution in [0.3, 0.4) is 0 Å². The second kappa shape index (κ2) is 7.04. The summed E-state index contributed by atoms with van der Waals surface area (Å²) in [4.78, 5) is 8.92. The van der Waals surface area contributed by atoms with Gasteiger partial charge in [0.2, 0.25) is 0 Å². The molecular weight excluding hydrogens is 426 g/mol. The van der Waals surface area contributed by atoms with E-state index in [-0.39, 0.29) is 23.7 Å². The maximum Gasteiger partial charge on any atom is 0.195 e. The van der Waals surface area contributed by atoms with E-state index < -0.39 is 9.84 Å². The van der Waals surface area contributed by atoms with E-state index in [4.69, 9.17) is 16.6 Å². The van der Waals surface area contributed by atoms with E-state index in [0.29, 0.717) is 22.3 Å². The lowest BCUT2D eigenvalue weighted by atomic mass is 10.2. The third kappa shape index (κ3) is 3.27. The van der Waals surface area contributed by atoms with Crippen molar-refractivity contribution in [2.75, 3.05) is 6.26 Å². The minimum absolute atomic E-state index is 0.0295. The van der Waals surface area contributed by atoms with Crippen LogP contribution in [0.15, 0.2) is 41.7 Å². The molecule has 3 heterocycles. The van der Waals surface area contributed by atoms with Crippen molar-refractivity contribution in [1.82, 2.24) is 24.3 Å². The monoisotopic (exact) mass is 445 g/mol. The molecule has 30 heavy (non-hydrogen) atoms. The topological polar surface area (TPSA) is 103 Å². The predicted octanol–water partition coefficient (Wildman–Crippen LogP) is 2.97. The van der Waals surface area contributed by atoms with Gasteiger partial charge < -0.3 is 9.67 Å². The van der Waals surface area contributed by atoms with Crippen LogP contribution in [0.2, 0.25) is 5.02 Å². The van der Waals surface area contributed by atoms with E-state index in [1.54, 1.807) is 23.1 Å². The zero-order valence-corrected chi connectivity index (χ0v) is 17.8. The summed E-state index contributed by atoms with van der Waals surface area (Å²) < 4.78 is 28.2. The average molecular weight is 446 g/mol. The van der Waals surface area contributed by atoms with Crippen LogP contribution in [-0.2, 0) is 16.4 Å². The molecule has 1 aliphatic rings. The molecule has 0 radical (unpaired) electrons. The Morgan fingerprint density at radius 2 is 2.07 bits per heavy atom. The number of aromatic nitrogens is 5. The van der Waals surface area contributed by atoms with E-state index in [1.165, 1.54) is 0 Å². The van der Waals surface area contributed by atoms with Crippen molar-refractivity contribution < 1.29 is 13.5 Å². The summed E-state index contributed by atoms with van der Waals surface area (Å²) in [5.74, 6) is 0.736. The maximum atomic E-state index is 12.2. The second-order valence-corrected chi connectivity index (χ2v) is 10.1. The fraction of sp³-hybridized carbons (Fsp3) is 0.350. The summed E-state index contributed by atoms with van der Waals surface area (Å²) in [5, 5.41) is 15.6. The number of pyridine rings is 1. The number of rotatable bonds is 4. The summed E-state index contributed by atoms with van der Waals surface area (Å²) in [5.41, 5.74) is 2.32. The van der Waals surface area contributed by atoms with Crippen LogP contribution in [0.1, 0.15) is 31.1 Å². The third-order valence-electron chi connectivity index (χ3n) is 5.63. The Bertz CT molecular complexity index is 1380. The Hall–Kier alpha value is -2.49. The molecule has 5 rings (SSSR count). The van der Waals surface area contributed by atoms with Gasteiger partial charge >= 0.3 is 0 Å². The van der Waals surface area contributed by atoms with Gasteiger partial charge in [0.05, 0.1) is 35.4 Å². The Morgan fingerprint density at radius 1 is 1.23 bits per heavy atom. The molecule has 1 fully saturated rings. The smallest absolute Gasteiger partial charge is 0.195 e. The van der Waals surface area contributed by atoms with Crippen LogP contribution in [0.4, 0.5) is 0 Å². The Labute approximate surface area is 178 Å². The number of hydrogen-bond donors (Lipinski definition) is 1. The van der Waals surface area contributed by atoms with Gasteiger partial charge in [-0.05, 0) is 43.5 Å². The first-order valence-corrected chi connectivity index (χ1v) is 11.9. The molecule has 1 aliphatic carbocycles. The fourth-order valence-electron chi connectivity index (χ4n) is 4.33. The summed E-state index contributed by atoms with van der Waals surface area (Å²) in [6, 6.07) is 7.34. The van der Waals surface area contributed by atoms with E-state index in [2.05, 4.69) is 14.6 Å². The standard InChI is InChI=1S/C20H20ClN5O3S/c1-30(28,29)20-15-6-7-22-10-18(15)25(24-20)11-19-23-16-8-12(21)2-5-17(16)26(19)13-3-4-14(27)9-13/h2,5-8,10,13-14,27H,3-4,9,11H2,1H3. The van der Waals surface area contributed by atoms with E-state index in [1.807, 2.05) is 18.2 Å². The summed E-state index contributed by atoms with van der Waals surface area (Å²) in [6.45, 7) is 0.274. The summed E-state index contributed by atoms with van der Waals surface area (Å²) in [6.07, 6.45) is 6.22. The molecule has 2 atom stereocenters. The highest BCUT2D eigenvalue weighted by Gasteiger charge is 2.28. The predicted molar refractivity (Wildman–Crippen MR) is 113 cm³/mol. The Morgan fingerprint density at radius 3 is 2.80 bits per heavy atom. The van der Waals surface area contributed by atoms with Crippen molar-refractivity contribution in [1.29, 1.82) is 0 Å². The molecule has 0 aliphatic heterocycles. The van der Waals surface area contributed by atoms with Crippen molar-refractivity contribution in [3.05, 3.63) is 47.5 Å². The third-order valence-corrected chi connectivity index (χ3v) is 6.87. The first kappa shape index (κ1) is 19.5. The molecule has 8 nitrogen and oxygen atoms in total. The number of hydrogen-bond acceptors (Lipinski definition) is 6. The normalized spacial score (nSPS) is 19.8. The van der Waals surface area contributed by atoms with Crippen LogP contribution in [-0.4, -0.2) is 50.2 Å². The molecule has 0 saturated heterocycles. The largest absolute Gasteiger partial charge is 0.393 e. The number of imidazole rings is 1. The number of halogens is 1. The Kier molecular flexibility index (Phi) is 4.57.